The molecule has 0 aliphatic rings. The lowest BCUT2D eigenvalue weighted by molar-refractivity contribution is -0.121. The minimum Gasteiger partial charge on any atom is -0.356 e. The first-order chi connectivity index (χ1) is 8.61. The van der Waals surface area contributed by atoms with Crippen molar-refractivity contribution in [3.8, 4) is 0 Å². The van der Waals surface area contributed by atoms with Crippen molar-refractivity contribution in [1.29, 1.82) is 0 Å². The zero-order valence-electron chi connectivity index (χ0n) is 11.5. The topological polar surface area (TPSA) is 54.0 Å². The molecule has 0 atom stereocenters. The first kappa shape index (κ1) is 15.1. The number of rotatable bonds is 8. The predicted octanol–water partition coefficient (Wildman–Crippen LogP) is 1.96. The molecule has 2 N–H and O–H groups in total. The SMILES string of the molecule is CCc1nc(CNCCC(=O)NCC(C)C)cs1. The summed E-state index contributed by atoms with van der Waals surface area (Å²) in [6.07, 6.45) is 1.51. The van der Waals surface area contributed by atoms with E-state index in [4.69, 9.17) is 0 Å². The number of hydrogen-bond donors (Lipinski definition) is 2. The molecule has 0 radical (unpaired) electrons. The molecule has 1 heterocycles. The van der Waals surface area contributed by atoms with Crippen molar-refractivity contribution < 1.29 is 4.79 Å². The van der Waals surface area contributed by atoms with Crippen LogP contribution in [0.4, 0.5) is 0 Å². The second-order valence-corrected chi connectivity index (χ2v) is 5.65. The highest BCUT2D eigenvalue weighted by molar-refractivity contribution is 7.09. The average molecular weight is 269 g/mol. The van der Waals surface area contributed by atoms with Crippen LogP contribution in [-0.4, -0.2) is 24.0 Å². The van der Waals surface area contributed by atoms with E-state index >= 15 is 0 Å². The molecule has 1 amide bonds. The van der Waals surface area contributed by atoms with Gasteiger partial charge in [-0.3, -0.25) is 4.79 Å². The molecule has 0 unspecified atom stereocenters. The van der Waals surface area contributed by atoms with Gasteiger partial charge in [-0.1, -0.05) is 20.8 Å². The fraction of sp³-hybridized carbons (Fsp3) is 0.692. The lowest BCUT2D eigenvalue weighted by atomic mass is 10.2. The Labute approximate surface area is 113 Å². The van der Waals surface area contributed by atoms with Crippen LogP contribution in [0.5, 0.6) is 0 Å². The first-order valence-electron chi connectivity index (χ1n) is 6.52. The number of carbonyl (C=O) groups is 1. The standard InChI is InChI=1S/C13H23N3OS/c1-4-13-16-11(9-18-13)8-14-6-5-12(17)15-7-10(2)3/h9-10,14H,4-8H2,1-3H3,(H,15,17). The van der Waals surface area contributed by atoms with Crippen molar-refractivity contribution in [2.45, 2.75) is 40.2 Å². The smallest absolute Gasteiger partial charge is 0.221 e. The Morgan fingerprint density at radius 1 is 1.50 bits per heavy atom. The van der Waals surface area contributed by atoms with Gasteiger partial charge in [0, 0.05) is 31.4 Å². The Kier molecular flexibility index (Phi) is 6.90. The molecule has 0 aliphatic heterocycles. The van der Waals surface area contributed by atoms with Crippen molar-refractivity contribution >= 4 is 17.2 Å². The number of aryl methyl sites for hydroxylation is 1. The lowest BCUT2D eigenvalue weighted by Gasteiger charge is -2.07. The summed E-state index contributed by atoms with van der Waals surface area (Å²) in [7, 11) is 0. The summed E-state index contributed by atoms with van der Waals surface area (Å²) in [6.45, 7) is 8.48. The van der Waals surface area contributed by atoms with E-state index in [1.165, 1.54) is 5.01 Å². The van der Waals surface area contributed by atoms with E-state index in [0.717, 1.165) is 25.2 Å². The van der Waals surface area contributed by atoms with Crippen LogP contribution in [0.3, 0.4) is 0 Å². The third-order valence-electron chi connectivity index (χ3n) is 2.44. The second-order valence-electron chi connectivity index (χ2n) is 4.71. The Morgan fingerprint density at radius 3 is 2.89 bits per heavy atom. The van der Waals surface area contributed by atoms with Gasteiger partial charge in [-0.05, 0) is 12.3 Å². The van der Waals surface area contributed by atoms with Crippen LogP contribution in [-0.2, 0) is 17.8 Å². The number of thiazole rings is 1. The van der Waals surface area contributed by atoms with E-state index in [2.05, 4.69) is 41.8 Å². The highest BCUT2D eigenvalue weighted by Crippen LogP contribution is 2.09. The zero-order chi connectivity index (χ0) is 13.4. The van der Waals surface area contributed by atoms with E-state index in [9.17, 15) is 4.79 Å². The van der Waals surface area contributed by atoms with Gasteiger partial charge in [0.1, 0.15) is 0 Å². The van der Waals surface area contributed by atoms with E-state index in [-0.39, 0.29) is 5.91 Å². The van der Waals surface area contributed by atoms with Crippen molar-refractivity contribution in [2.75, 3.05) is 13.1 Å². The second kappa shape index (κ2) is 8.21. The Balaban J connectivity index is 2.09. The van der Waals surface area contributed by atoms with Crippen LogP contribution >= 0.6 is 11.3 Å². The molecular weight excluding hydrogens is 246 g/mol. The Hall–Kier alpha value is -0.940. The third-order valence-corrected chi connectivity index (χ3v) is 3.49. The van der Waals surface area contributed by atoms with Crippen LogP contribution in [0.1, 0.15) is 37.9 Å². The molecule has 0 bridgehead atoms. The Bertz CT molecular complexity index is 363. The van der Waals surface area contributed by atoms with Crippen LogP contribution in [0.25, 0.3) is 0 Å². The van der Waals surface area contributed by atoms with Crippen molar-refractivity contribution in [1.82, 2.24) is 15.6 Å². The molecular formula is C13H23N3OS. The molecule has 0 saturated heterocycles. The normalized spacial score (nSPS) is 10.9. The fourth-order valence-electron chi connectivity index (χ4n) is 1.42. The summed E-state index contributed by atoms with van der Waals surface area (Å²) in [4.78, 5) is 15.9. The van der Waals surface area contributed by atoms with Gasteiger partial charge in [-0.15, -0.1) is 11.3 Å². The molecule has 0 spiro atoms. The highest BCUT2D eigenvalue weighted by atomic mass is 32.1. The molecule has 1 aromatic rings. The summed E-state index contributed by atoms with van der Waals surface area (Å²) in [6, 6.07) is 0. The van der Waals surface area contributed by atoms with Gasteiger partial charge in [-0.2, -0.15) is 0 Å². The maximum atomic E-state index is 11.4. The van der Waals surface area contributed by atoms with Gasteiger partial charge in [0.15, 0.2) is 0 Å². The van der Waals surface area contributed by atoms with Gasteiger partial charge in [0.05, 0.1) is 10.7 Å². The molecule has 1 rings (SSSR count). The average Bonchev–Trinajstić information content (AvgIpc) is 2.80. The quantitative estimate of drug-likeness (QED) is 0.709. The van der Waals surface area contributed by atoms with Crippen LogP contribution in [0, 0.1) is 5.92 Å². The van der Waals surface area contributed by atoms with E-state index < -0.39 is 0 Å². The van der Waals surface area contributed by atoms with Crippen LogP contribution in [0.2, 0.25) is 0 Å². The molecule has 0 aromatic carbocycles. The zero-order valence-corrected chi connectivity index (χ0v) is 12.3. The number of amides is 1. The van der Waals surface area contributed by atoms with E-state index in [1.54, 1.807) is 11.3 Å². The van der Waals surface area contributed by atoms with Crippen molar-refractivity contribution in [3.05, 3.63) is 16.1 Å². The van der Waals surface area contributed by atoms with E-state index in [0.29, 0.717) is 18.9 Å². The monoisotopic (exact) mass is 269 g/mol. The van der Waals surface area contributed by atoms with Gasteiger partial charge < -0.3 is 10.6 Å². The summed E-state index contributed by atoms with van der Waals surface area (Å²) < 4.78 is 0. The summed E-state index contributed by atoms with van der Waals surface area (Å²) in [5, 5.41) is 9.38. The molecule has 5 heteroatoms. The molecule has 0 aliphatic carbocycles. The number of nitrogens with one attached hydrogen (secondary N) is 2. The van der Waals surface area contributed by atoms with Gasteiger partial charge in [0.2, 0.25) is 5.91 Å². The molecule has 1 aromatic heterocycles. The molecule has 102 valence electrons. The third kappa shape index (κ3) is 6.12. The number of aromatic nitrogens is 1. The number of carbonyl (C=O) groups excluding carboxylic acids is 1. The highest BCUT2D eigenvalue weighted by Gasteiger charge is 2.03. The van der Waals surface area contributed by atoms with Crippen molar-refractivity contribution in [3.63, 3.8) is 0 Å². The van der Waals surface area contributed by atoms with Gasteiger partial charge >= 0.3 is 0 Å². The molecule has 0 fully saturated rings. The Morgan fingerprint density at radius 2 is 2.28 bits per heavy atom. The number of nitrogens with zero attached hydrogens (tertiary/aromatic N) is 1. The summed E-state index contributed by atoms with van der Waals surface area (Å²) in [5.41, 5.74) is 1.07. The fourth-order valence-corrected chi connectivity index (χ4v) is 2.16. The van der Waals surface area contributed by atoms with E-state index in [1.807, 2.05) is 0 Å². The molecule has 0 saturated carbocycles. The largest absolute Gasteiger partial charge is 0.356 e. The summed E-state index contributed by atoms with van der Waals surface area (Å²) >= 11 is 1.69. The minimum atomic E-state index is 0.115. The maximum absolute atomic E-state index is 11.4. The predicted molar refractivity (Wildman–Crippen MR) is 75.7 cm³/mol. The maximum Gasteiger partial charge on any atom is 0.221 e. The van der Waals surface area contributed by atoms with Gasteiger partial charge in [0.25, 0.3) is 0 Å². The number of hydrogen-bond acceptors (Lipinski definition) is 4. The minimum absolute atomic E-state index is 0.115. The van der Waals surface area contributed by atoms with Gasteiger partial charge in [-0.25, -0.2) is 4.98 Å². The lowest BCUT2D eigenvalue weighted by Crippen LogP contribution is -2.30. The van der Waals surface area contributed by atoms with Crippen LogP contribution in [0.15, 0.2) is 5.38 Å². The first-order valence-corrected chi connectivity index (χ1v) is 7.40. The summed E-state index contributed by atoms with van der Waals surface area (Å²) in [5.74, 6) is 0.619. The van der Waals surface area contributed by atoms with Crippen molar-refractivity contribution in [2.24, 2.45) is 5.92 Å². The van der Waals surface area contributed by atoms with Crippen LogP contribution < -0.4 is 10.6 Å². The molecule has 18 heavy (non-hydrogen) atoms. The molecule has 4 nitrogen and oxygen atoms in total.